The molecular weight excluding hydrogens is 197 g/mol. The number of hydrogen-bond acceptors (Lipinski definition) is 0. The van der Waals surface area contributed by atoms with Crippen LogP contribution in [0.15, 0.2) is 0 Å². The molecule has 1 aromatic carbocycles. The fraction of sp³-hybridized carbons (Fsp3) is 0. The lowest BCUT2D eigenvalue weighted by molar-refractivity contribution is 0.384. The van der Waals surface area contributed by atoms with Crippen molar-refractivity contribution in [2.24, 2.45) is 0 Å². The van der Waals surface area contributed by atoms with Gasteiger partial charge in [-0.3, -0.25) is 4.70 Å². The molecule has 0 nitrogen and oxygen atoms in total. The van der Waals surface area contributed by atoms with Gasteiger partial charge >= 0.3 is 0 Å². The van der Waals surface area contributed by atoms with Crippen LogP contribution in [0.4, 0.5) is 26.7 Å². The van der Waals surface area contributed by atoms with E-state index >= 15 is 0 Å². The van der Waals surface area contributed by atoms with Gasteiger partial charge in [-0.15, -0.1) is 0 Å². The molecule has 70 valence electrons. The van der Waals surface area contributed by atoms with E-state index in [-0.39, 0.29) is 4.70 Å². The lowest BCUT2D eigenvalue weighted by atomic mass is 9.94. The first-order valence-electron chi connectivity index (χ1n) is 2.73. The molecule has 0 heterocycles. The minimum absolute atomic E-state index is 0. The van der Waals surface area contributed by atoms with Crippen LogP contribution < -0.4 is 5.46 Å². The van der Waals surface area contributed by atoms with Gasteiger partial charge in [0, 0.05) is 0 Å². The average Bonchev–Trinajstić information content (AvgIpc) is 2.08. The Kier molecular flexibility index (Phi) is 3.39. The maximum Gasteiger partial charge on any atom is 0.200 e. The molecule has 7 heteroatoms. The monoisotopic (exact) mass is 198 g/mol. The molecule has 0 unspecified atom stereocenters. The smallest absolute Gasteiger partial charge is 0.200 e. The highest BCUT2D eigenvalue weighted by Gasteiger charge is 2.22. The van der Waals surface area contributed by atoms with Gasteiger partial charge in [0.25, 0.3) is 0 Å². The molecule has 0 saturated carbocycles. The van der Waals surface area contributed by atoms with Gasteiger partial charge in [-0.1, -0.05) is 0 Å². The van der Waals surface area contributed by atoms with Crippen LogP contribution in [0.3, 0.4) is 0 Å². The van der Waals surface area contributed by atoms with Gasteiger partial charge in [0.2, 0.25) is 0 Å². The van der Waals surface area contributed by atoms with E-state index in [1.807, 2.05) is 0 Å². The second-order valence-electron chi connectivity index (χ2n) is 1.98. The molecule has 13 heavy (non-hydrogen) atoms. The number of halogens is 6. The zero-order chi connectivity index (χ0) is 9.46. The molecule has 0 spiro atoms. The van der Waals surface area contributed by atoms with E-state index < -0.39 is 34.5 Å². The summed E-state index contributed by atoms with van der Waals surface area (Å²) < 4.78 is 61.1. The minimum Gasteiger partial charge on any atom is -0.269 e. The number of rotatable bonds is 0. The van der Waals surface area contributed by atoms with Crippen LogP contribution in [0, 0.1) is 29.1 Å². The zero-order valence-corrected chi connectivity index (χ0v) is 5.88. The highest BCUT2D eigenvalue weighted by molar-refractivity contribution is 6.32. The molecule has 0 N–H and O–H groups in total. The van der Waals surface area contributed by atoms with Crippen molar-refractivity contribution < 1.29 is 26.7 Å². The van der Waals surface area contributed by atoms with Gasteiger partial charge in [-0.25, -0.2) is 22.0 Å². The maximum absolute atomic E-state index is 12.3. The Hall–Kier alpha value is -1.14. The molecule has 0 aliphatic carbocycles. The molecule has 0 aromatic heterocycles. The van der Waals surface area contributed by atoms with Gasteiger partial charge in [-0.2, -0.15) is 0 Å². The highest BCUT2D eigenvalue weighted by atomic mass is 19.2. The predicted octanol–water partition coefficient (Wildman–Crippen LogP) is 1.33. The average molecular weight is 198 g/mol. The molecule has 0 aliphatic heterocycles. The lowest BCUT2D eigenvalue weighted by Crippen LogP contribution is -2.20. The van der Waals surface area contributed by atoms with Crippen LogP contribution in [0.2, 0.25) is 0 Å². The molecule has 0 atom stereocenters. The Labute approximate surface area is 70.1 Å². The molecule has 2 radical (unpaired) electrons. The fourth-order valence-corrected chi connectivity index (χ4v) is 0.622. The summed E-state index contributed by atoms with van der Waals surface area (Å²) in [5.41, 5.74) is -1.37. The quantitative estimate of drug-likeness (QED) is 0.255. The summed E-state index contributed by atoms with van der Waals surface area (Å²) in [5, 5.41) is 0. The van der Waals surface area contributed by atoms with Crippen LogP contribution >= 0.6 is 0 Å². The Balaban J connectivity index is 0.00000144. The number of benzene rings is 1. The van der Waals surface area contributed by atoms with E-state index in [4.69, 9.17) is 0 Å². The van der Waals surface area contributed by atoms with E-state index in [0.717, 1.165) is 0 Å². The van der Waals surface area contributed by atoms with E-state index in [0.29, 0.717) is 0 Å². The van der Waals surface area contributed by atoms with Crippen LogP contribution in [0.25, 0.3) is 0 Å². The predicted molar refractivity (Wildman–Crippen MR) is 34.1 cm³/mol. The van der Waals surface area contributed by atoms with Gasteiger partial charge in [0.1, 0.15) is 7.85 Å². The molecule has 0 aliphatic rings. The molecule has 1 rings (SSSR count). The van der Waals surface area contributed by atoms with Crippen molar-refractivity contribution in [3.63, 3.8) is 0 Å². The SMILES string of the molecule is F.[B]c1c(F)c(F)c(F)c(F)c1F. The Morgan fingerprint density at radius 1 is 0.615 bits per heavy atom. The summed E-state index contributed by atoms with van der Waals surface area (Å²) in [4.78, 5) is 0. The van der Waals surface area contributed by atoms with Crippen molar-refractivity contribution in [1.82, 2.24) is 0 Å². The first-order valence-corrected chi connectivity index (χ1v) is 2.73. The Morgan fingerprint density at radius 2 is 0.846 bits per heavy atom. The normalized spacial score (nSPS) is 9.62. The molecular formula is C6HBF6. The molecule has 1 aromatic rings. The highest BCUT2D eigenvalue weighted by Crippen LogP contribution is 2.14. The van der Waals surface area contributed by atoms with E-state index in [1.165, 1.54) is 0 Å². The third-order valence-electron chi connectivity index (χ3n) is 1.24. The Bertz CT molecular complexity index is 231. The first-order chi connectivity index (χ1) is 5.46. The summed E-state index contributed by atoms with van der Waals surface area (Å²) >= 11 is 0. The van der Waals surface area contributed by atoms with Crippen molar-refractivity contribution in [2.45, 2.75) is 0 Å². The largest absolute Gasteiger partial charge is 0.269 e. The standard InChI is InChI=1S/C6BF5.FH/c7-1-2(8)4(10)6(12)5(11)3(1)9;/h;1H. The van der Waals surface area contributed by atoms with Crippen molar-refractivity contribution in [3.05, 3.63) is 29.1 Å². The summed E-state index contributed by atoms with van der Waals surface area (Å²) in [6, 6.07) is 0. The van der Waals surface area contributed by atoms with Gasteiger partial charge in [0.05, 0.1) is 0 Å². The fourth-order valence-electron chi connectivity index (χ4n) is 0.622. The van der Waals surface area contributed by atoms with E-state index in [2.05, 4.69) is 7.85 Å². The Morgan fingerprint density at radius 3 is 1.15 bits per heavy atom. The summed E-state index contributed by atoms with van der Waals surface area (Å²) in [6.45, 7) is 0. The summed E-state index contributed by atoms with van der Waals surface area (Å²) in [6.07, 6.45) is 0. The molecule has 0 bridgehead atoms. The maximum atomic E-state index is 12.3. The van der Waals surface area contributed by atoms with Crippen molar-refractivity contribution in [3.8, 4) is 0 Å². The van der Waals surface area contributed by atoms with E-state index in [9.17, 15) is 22.0 Å². The topological polar surface area (TPSA) is 0 Å². The van der Waals surface area contributed by atoms with Crippen molar-refractivity contribution in [2.75, 3.05) is 0 Å². The van der Waals surface area contributed by atoms with Crippen LogP contribution in [-0.2, 0) is 0 Å². The number of hydrogen-bond donors (Lipinski definition) is 0. The van der Waals surface area contributed by atoms with Crippen LogP contribution in [0.1, 0.15) is 0 Å². The summed E-state index contributed by atoms with van der Waals surface area (Å²) in [5.74, 6) is -10.3. The first kappa shape index (κ1) is 11.9. The lowest BCUT2D eigenvalue weighted by Gasteiger charge is -2.02. The van der Waals surface area contributed by atoms with Gasteiger partial charge < -0.3 is 0 Å². The van der Waals surface area contributed by atoms with Crippen molar-refractivity contribution in [1.29, 1.82) is 0 Å². The molecule has 0 fully saturated rings. The zero-order valence-electron chi connectivity index (χ0n) is 5.88. The molecule has 0 saturated heterocycles. The van der Waals surface area contributed by atoms with Crippen molar-refractivity contribution >= 4 is 13.3 Å². The van der Waals surface area contributed by atoms with Gasteiger partial charge in [0.15, 0.2) is 29.1 Å². The van der Waals surface area contributed by atoms with Gasteiger partial charge in [-0.05, 0) is 5.46 Å². The van der Waals surface area contributed by atoms with E-state index in [1.54, 1.807) is 0 Å². The third kappa shape index (κ3) is 1.63. The second-order valence-corrected chi connectivity index (χ2v) is 1.98. The molecule has 0 amide bonds. The minimum atomic E-state index is -2.21. The third-order valence-corrected chi connectivity index (χ3v) is 1.24. The van der Waals surface area contributed by atoms with Crippen LogP contribution in [0.5, 0.6) is 0 Å². The van der Waals surface area contributed by atoms with Crippen LogP contribution in [-0.4, -0.2) is 7.85 Å². The second kappa shape index (κ2) is 3.72. The summed E-state index contributed by atoms with van der Waals surface area (Å²) in [7, 11) is 4.56.